The van der Waals surface area contributed by atoms with Crippen molar-refractivity contribution in [2.24, 2.45) is 0 Å². The van der Waals surface area contributed by atoms with Gasteiger partial charge in [0.1, 0.15) is 11.4 Å². The van der Waals surface area contributed by atoms with E-state index in [1.165, 1.54) is 4.88 Å². The molecular formula is C17H21N5O3S. The fourth-order valence-electron chi connectivity index (χ4n) is 3.46. The monoisotopic (exact) mass is 375 g/mol. The number of aromatic nitrogens is 2. The standard InChI is InChI=1S/C17H21N5O3S/c23-15(20-14-4-7-19-22(14)11-13-3-1-10-26-13)21-8-2-5-17(6-9-21)12-18-16(24)25-17/h1,3-4,7,10H,2,5-6,8-9,11-12H2,(H,18,24)(H,20,23). The SMILES string of the molecule is O=C1NCC2(CCCN(C(=O)Nc3ccnn3Cc3cccs3)CC2)O1. The molecule has 2 aliphatic rings. The molecule has 0 aromatic carbocycles. The van der Waals surface area contributed by atoms with Crippen LogP contribution in [0.2, 0.25) is 0 Å². The van der Waals surface area contributed by atoms with Gasteiger partial charge in [-0.1, -0.05) is 6.07 Å². The average molecular weight is 375 g/mol. The minimum absolute atomic E-state index is 0.146. The summed E-state index contributed by atoms with van der Waals surface area (Å²) in [5.41, 5.74) is -0.465. The molecule has 2 aromatic rings. The van der Waals surface area contributed by atoms with Crippen LogP contribution in [-0.2, 0) is 11.3 Å². The van der Waals surface area contributed by atoms with Crippen molar-refractivity contribution in [3.8, 4) is 0 Å². The number of thiophene rings is 1. The highest BCUT2D eigenvalue weighted by Crippen LogP contribution is 2.29. The summed E-state index contributed by atoms with van der Waals surface area (Å²) in [7, 11) is 0. The lowest BCUT2D eigenvalue weighted by Crippen LogP contribution is -2.38. The first-order chi connectivity index (χ1) is 12.6. The number of carbonyl (C=O) groups excluding carboxylic acids is 2. The lowest BCUT2D eigenvalue weighted by molar-refractivity contribution is 0.0454. The predicted molar refractivity (Wildman–Crippen MR) is 97.3 cm³/mol. The summed E-state index contributed by atoms with van der Waals surface area (Å²) in [6.45, 7) is 2.35. The van der Waals surface area contributed by atoms with Crippen molar-refractivity contribution in [2.45, 2.75) is 31.4 Å². The van der Waals surface area contributed by atoms with Gasteiger partial charge < -0.3 is 15.0 Å². The summed E-state index contributed by atoms with van der Waals surface area (Å²) in [6, 6.07) is 5.70. The second kappa shape index (κ2) is 6.99. The summed E-state index contributed by atoms with van der Waals surface area (Å²) in [5, 5.41) is 12.0. The van der Waals surface area contributed by atoms with E-state index < -0.39 is 5.60 Å². The number of nitrogens with zero attached hydrogens (tertiary/aromatic N) is 3. The number of hydrogen-bond acceptors (Lipinski definition) is 5. The Labute approximate surface area is 155 Å². The van der Waals surface area contributed by atoms with Crippen molar-refractivity contribution in [3.63, 3.8) is 0 Å². The van der Waals surface area contributed by atoms with E-state index in [0.717, 1.165) is 12.8 Å². The van der Waals surface area contributed by atoms with Crippen LogP contribution in [0.5, 0.6) is 0 Å². The van der Waals surface area contributed by atoms with Crippen molar-refractivity contribution in [2.75, 3.05) is 25.0 Å². The Hall–Kier alpha value is -2.55. The van der Waals surface area contributed by atoms with Crippen LogP contribution in [0.25, 0.3) is 0 Å². The van der Waals surface area contributed by atoms with Crippen LogP contribution in [0.1, 0.15) is 24.1 Å². The molecule has 0 saturated carbocycles. The average Bonchev–Trinajstić information content (AvgIpc) is 3.32. The third-order valence-electron chi connectivity index (χ3n) is 4.89. The van der Waals surface area contributed by atoms with Gasteiger partial charge in [-0.3, -0.25) is 5.32 Å². The zero-order valence-electron chi connectivity index (χ0n) is 14.3. The van der Waals surface area contributed by atoms with Gasteiger partial charge in [-0.15, -0.1) is 11.3 Å². The smallest absolute Gasteiger partial charge is 0.407 e. The van der Waals surface area contributed by atoms with Crippen LogP contribution >= 0.6 is 11.3 Å². The molecule has 3 amide bonds. The summed E-state index contributed by atoms with van der Waals surface area (Å²) < 4.78 is 7.24. The van der Waals surface area contributed by atoms with Crippen molar-refractivity contribution in [3.05, 3.63) is 34.7 Å². The molecule has 2 aliphatic heterocycles. The van der Waals surface area contributed by atoms with Gasteiger partial charge in [0.2, 0.25) is 0 Å². The fraction of sp³-hybridized carbons (Fsp3) is 0.471. The molecule has 2 fully saturated rings. The molecule has 4 rings (SSSR count). The molecule has 2 aromatic heterocycles. The van der Waals surface area contributed by atoms with E-state index in [1.54, 1.807) is 33.2 Å². The van der Waals surface area contributed by atoms with Crippen LogP contribution in [0.3, 0.4) is 0 Å². The molecule has 1 spiro atoms. The zero-order valence-corrected chi connectivity index (χ0v) is 15.1. The second-order valence-corrected chi connectivity index (χ2v) is 7.68. The number of hydrogen-bond donors (Lipinski definition) is 2. The number of ether oxygens (including phenoxy) is 1. The summed E-state index contributed by atoms with van der Waals surface area (Å²) >= 11 is 1.66. The van der Waals surface area contributed by atoms with Gasteiger partial charge >= 0.3 is 12.1 Å². The summed E-state index contributed by atoms with van der Waals surface area (Å²) in [6.07, 6.45) is 3.54. The lowest BCUT2D eigenvalue weighted by atomic mass is 9.95. The highest BCUT2D eigenvalue weighted by molar-refractivity contribution is 7.09. The number of rotatable bonds is 3. The molecule has 1 atom stereocenters. The molecule has 2 N–H and O–H groups in total. The molecule has 0 radical (unpaired) electrons. The molecule has 4 heterocycles. The Morgan fingerprint density at radius 1 is 1.38 bits per heavy atom. The highest BCUT2D eigenvalue weighted by atomic mass is 32.1. The van der Waals surface area contributed by atoms with E-state index in [2.05, 4.69) is 15.7 Å². The molecule has 2 saturated heterocycles. The third kappa shape index (κ3) is 3.52. The lowest BCUT2D eigenvalue weighted by Gasteiger charge is -2.25. The maximum atomic E-state index is 12.7. The highest BCUT2D eigenvalue weighted by Gasteiger charge is 2.41. The third-order valence-corrected chi connectivity index (χ3v) is 5.75. The molecule has 1 unspecified atom stereocenters. The van der Waals surface area contributed by atoms with Crippen LogP contribution in [0, 0.1) is 0 Å². The Morgan fingerprint density at radius 2 is 2.31 bits per heavy atom. The number of carbonyl (C=O) groups is 2. The van der Waals surface area contributed by atoms with E-state index in [4.69, 9.17) is 4.74 Å². The normalized spacial score (nSPS) is 22.8. The van der Waals surface area contributed by atoms with Gasteiger partial charge in [0.25, 0.3) is 0 Å². The summed E-state index contributed by atoms with van der Waals surface area (Å²) in [4.78, 5) is 27.0. The van der Waals surface area contributed by atoms with Gasteiger partial charge in [0, 0.05) is 30.5 Å². The molecular weight excluding hydrogens is 354 g/mol. The second-order valence-electron chi connectivity index (χ2n) is 6.65. The van der Waals surface area contributed by atoms with E-state index in [1.807, 2.05) is 17.5 Å². The molecule has 8 nitrogen and oxygen atoms in total. The van der Waals surface area contributed by atoms with Crippen LogP contribution in [0.4, 0.5) is 15.4 Å². The van der Waals surface area contributed by atoms with E-state index >= 15 is 0 Å². The van der Waals surface area contributed by atoms with E-state index in [0.29, 0.717) is 38.4 Å². The molecule has 9 heteroatoms. The Bertz CT molecular complexity index is 790. The Balaban J connectivity index is 1.38. The van der Waals surface area contributed by atoms with Crippen molar-refractivity contribution >= 4 is 29.3 Å². The van der Waals surface area contributed by atoms with Crippen molar-refractivity contribution < 1.29 is 14.3 Å². The first kappa shape index (κ1) is 16.9. The van der Waals surface area contributed by atoms with Crippen LogP contribution in [0.15, 0.2) is 29.8 Å². The minimum atomic E-state index is -0.465. The van der Waals surface area contributed by atoms with Gasteiger partial charge in [-0.25, -0.2) is 14.3 Å². The first-order valence-electron chi connectivity index (χ1n) is 8.71. The molecule has 0 aliphatic carbocycles. The van der Waals surface area contributed by atoms with Crippen molar-refractivity contribution in [1.29, 1.82) is 0 Å². The van der Waals surface area contributed by atoms with E-state index in [-0.39, 0.29) is 12.1 Å². The quantitative estimate of drug-likeness (QED) is 0.863. The molecule has 138 valence electrons. The maximum absolute atomic E-state index is 12.7. The van der Waals surface area contributed by atoms with Gasteiger partial charge in [0.15, 0.2) is 0 Å². The Kier molecular flexibility index (Phi) is 4.54. The molecule has 0 bridgehead atoms. The van der Waals surface area contributed by atoms with Gasteiger partial charge in [-0.2, -0.15) is 5.10 Å². The van der Waals surface area contributed by atoms with Crippen LogP contribution < -0.4 is 10.6 Å². The van der Waals surface area contributed by atoms with Gasteiger partial charge in [-0.05, 0) is 24.3 Å². The number of alkyl carbamates (subject to hydrolysis) is 1. The van der Waals surface area contributed by atoms with Gasteiger partial charge in [0.05, 0.1) is 19.3 Å². The Morgan fingerprint density at radius 3 is 3.08 bits per heavy atom. The fourth-order valence-corrected chi connectivity index (χ4v) is 4.14. The largest absolute Gasteiger partial charge is 0.441 e. The number of amides is 3. The zero-order chi connectivity index (χ0) is 18.0. The number of nitrogens with one attached hydrogen (secondary N) is 2. The number of anilines is 1. The molecule has 26 heavy (non-hydrogen) atoms. The summed E-state index contributed by atoms with van der Waals surface area (Å²) in [5.74, 6) is 0.677. The predicted octanol–water partition coefficient (Wildman–Crippen LogP) is 2.49. The maximum Gasteiger partial charge on any atom is 0.407 e. The minimum Gasteiger partial charge on any atom is -0.441 e. The van der Waals surface area contributed by atoms with Crippen LogP contribution in [-0.4, -0.2) is 52.0 Å². The number of urea groups is 1. The topological polar surface area (TPSA) is 88.5 Å². The first-order valence-corrected chi connectivity index (χ1v) is 9.59. The number of likely N-dealkylation sites (tertiary alicyclic amines) is 1. The van der Waals surface area contributed by atoms with E-state index in [9.17, 15) is 9.59 Å². The van der Waals surface area contributed by atoms with Crippen molar-refractivity contribution in [1.82, 2.24) is 20.0 Å².